The number of hydrogen-bond donors (Lipinski definition) is 1. The topological polar surface area (TPSA) is 46.3 Å². The predicted octanol–water partition coefficient (Wildman–Crippen LogP) is 0.157. The lowest BCUT2D eigenvalue weighted by atomic mass is 10.4. The maximum atomic E-state index is 11.1. The van der Waals surface area contributed by atoms with Crippen LogP contribution in [0.4, 0.5) is 0 Å². The van der Waals surface area contributed by atoms with Gasteiger partial charge >= 0.3 is 0 Å². The van der Waals surface area contributed by atoms with Crippen molar-refractivity contribution in [3.63, 3.8) is 0 Å². The molecule has 0 heterocycles. The first kappa shape index (κ1) is 10.8. The first-order valence-corrected chi connectivity index (χ1v) is 5.04. The standard InChI is InChI=1S/C7H16N2OS/c1-9(5-4-8)7(10)3-6-11-2/h3-6,8H2,1-2H3. The molecule has 0 aromatic heterocycles. The lowest BCUT2D eigenvalue weighted by Crippen LogP contribution is -2.31. The number of carbonyl (C=O) groups excluding carboxylic acids is 1. The van der Waals surface area contributed by atoms with Crippen LogP contribution in [0.25, 0.3) is 0 Å². The molecule has 0 radical (unpaired) electrons. The summed E-state index contributed by atoms with van der Waals surface area (Å²) in [4.78, 5) is 12.8. The van der Waals surface area contributed by atoms with Gasteiger partial charge in [0.05, 0.1) is 0 Å². The van der Waals surface area contributed by atoms with Crippen molar-refractivity contribution in [2.24, 2.45) is 5.73 Å². The molecule has 11 heavy (non-hydrogen) atoms. The van der Waals surface area contributed by atoms with Crippen molar-refractivity contribution in [3.05, 3.63) is 0 Å². The highest BCUT2D eigenvalue weighted by Crippen LogP contribution is 1.98. The number of nitrogens with zero attached hydrogens (tertiary/aromatic N) is 1. The van der Waals surface area contributed by atoms with Crippen LogP contribution in [-0.4, -0.2) is 43.0 Å². The molecule has 0 rings (SSSR count). The van der Waals surface area contributed by atoms with E-state index in [1.54, 1.807) is 23.7 Å². The minimum Gasteiger partial charge on any atom is -0.344 e. The molecular formula is C7H16N2OS. The molecule has 0 aromatic carbocycles. The number of amides is 1. The maximum Gasteiger partial charge on any atom is 0.223 e. The Labute approximate surface area is 72.3 Å². The van der Waals surface area contributed by atoms with Gasteiger partial charge in [-0.15, -0.1) is 0 Å². The lowest BCUT2D eigenvalue weighted by molar-refractivity contribution is -0.129. The van der Waals surface area contributed by atoms with Crippen LogP contribution in [0.3, 0.4) is 0 Å². The molecule has 0 aliphatic carbocycles. The Kier molecular flexibility index (Phi) is 6.36. The first-order valence-electron chi connectivity index (χ1n) is 3.65. The fraction of sp³-hybridized carbons (Fsp3) is 0.857. The second kappa shape index (κ2) is 6.49. The van der Waals surface area contributed by atoms with Crippen molar-refractivity contribution >= 4 is 17.7 Å². The normalized spacial score (nSPS) is 9.73. The molecule has 4 heteroatoms. The third-order valence-electron chi connectivity index (χ3n) is 1.41. The van der Waals surface area contributed by atoms with Crippen molar-refractivity contribution < 1.29 is 4.79 Å². The van der Waals surface area contributed by atoms with Crippen molar-refractivity contribution in [3.8, 4) is 0 Å². The van der Waals surface area contributed by atoms with Crippen LogP contribution in [0.15, 0.2) is 0 Å². The molecule has 66 valence electrons. The van der Waals surface area contributed by atoms with E-state index in [9.17, 15) is 4.79 Å². The summed E-state index contributed by atoms with van der Waals surface area (Å²) in [5, 5.41) is 0. The average Bonchev–Trinajstić information content (AvgIpc) is 2.00. The van der Waals surface area contributed by atoms with Gasteiger partial charge in [-0.05, 0) is 6.26 Å². The third kappa shape index (κ3) is 5.09. The summed E-state index contributed by atoms with van der Waals surface area (Å²) in [6.45, 7) is 1.20. The van der Waals surface area contributed by atoms with Crippen molar-refractivity contribution in [1.29, 1.82) is 0 Å². The van der Waals surface area contributed by atoms with E-state index in [1.807, 2.05) is 6.26 Å². The van der Waals surface area contributed by atoms with Gasteiger partial charge in [-0.25, -0.2) is 0 Å². The Bertz CT molecular complexity index is 119. The van der Waals surface area contributed by atoms with Crippen LogP contribution in [0.1, 0.15) is 6.42 Å². The van der Waals surface area contributed by atoms with E-state index < -0.39 is 0 Å². The summed E-state index contributed by atoms with van der Waals surface area (Å²) in [5.74, 6) is 1.08. The number of thioether (sulfide) groups is 1. The van der Waals surface area contributed by atoms with E-state index >= 15 is 0 Å². The maximum absolute atomic E-state index is 11.1. The fourth-order valence-corrected chi connectivity index (χ4v) is 1.08. The molecule has 0 atom stereocenters. The van der Waals surface area contributed by atoms with E-state index in [-0.39, 0.29) is 5.91 Å². The summed E-state index contributed by atoms with van der Waals surface area (Å²) in [6, 6.07) is 0. The molecule has 0 aromatic rings. The van der Waals surface area contributed by atoms with Gasteiger partial charge in [0.2, 0.25) is 5.91 Å². The van der Waals surface area contributed by atoms with Gasteiger partial charge in [-0.2, -0.15) is 11.8 Å². The van der Waals surface area contributed by atoms with Gasteiger partial charge in [0.15, 0.2) is 0 Å². The monoisotopic (exact) mass is 176 g/mol. The number of nitrogens with two attached hydrogens (primary N) is 1. The van der Waals surface area contributed by atoms with Gasteiger partial charge in [0.25, 0.3) is 0 Å². The highest BCUT2D eigenvalue weighted by atomic mass is 32.2. The molecule has 2 N–H and O–H groups in total. The summed E-state index contributed by atoms with van der Waals surface area (Å²) in [5.41, 5.74) is 5.30. The lowest BCUT2D eigenvalue weighted by Gasteiger charge is -2.15. The Balaban J connectivity index is 3.47. The molecule has 0 bridgehead atoms. The Morgan fingerprint density at radius 2 is 2.27 bits per heavy atom. The van der Waals surface area contributed by atoms with Crippen LogP contribution in [0, 0.1) is 0 Å². The molecule has 1 amide bonds. The van der Waals surface area contributed by atoms with E-state index in [2.05, 4.69) is 0 Å². The largest absolute Gasteiger partial charge is 0.344 e. The Morgan fingerprint density at radius 3 is 2.73 bits per heavy atom. The Morgan fingerprint density at radius 1 is 1.64 bits per heavy atom. The van der Waals surface area contributed by atoms with E-state index in [1.165, 1.54) is 0 Å². The van der Waals surface area contributed by atoms with E-state index in [4.69, 9.17) is 5.73 Å². The number of likely N-dealkylation sites (N-methyl/N-ethyl adjacent to an activating group) is 1. The molecule has 0 saturated carbocycles. The number of hydrogen-bond acceptors (Lipinski definition) is 3. The Hall–Kier alpha value is -0.220. The molecular weight excluding hydrogens is 160 g/mol. The average molecular weight is 176 g/mol. The summed E-state index contributed by atoms with van der Waals surface area (Å²) in [6.07, 6.45) is 2.62. The highest BCUT2D eigenvalue weighted by molar-refractivity contribution is 7.98. The van der Waals surface area contributed by atoms with Crippen LogP contribution in [0.5, 0.6) is 0 Å². The van der Waals surface area contributed by atoms with E-state index in [0.29, 0.717) is 19.5 Å². The second-order valence-corrected chi connectivity index (χ2v) is 3.33. The molecule has 0 unspecified atom stereocenters. The second-order valence-electron chi connectivity index (χ2n) is 2.35. The van der Waals surface area contributed by atoms with Gasteiger partial charge in [-0.3, -0.25) is 4.79 Å². The molecule has 0 saturated heterocycles. The zero-order valence-electron chi connectivity index (χ0n) is 7.17. The van der Waals surface area contributed by atoms with Crippen LogP contribution in [-0.2, 0) is 4.79 Å². The van der Waals surface area contributed by atoms with Gasteiger partial charge in [0.1, 0.15) is 0 Å². The summed E-state index contributed by atoms with van der Waals surface area (Å²) in [7, 11) is 1.79. The number of carbonyl (C=O) groups is 1. The SMILES string of the molecule is CSCCC(=O)N(C)CCN. The minimum absolute atomic E-state index is 0.185. The van der Waals surface area contributed by atoms with Crippen molar-refractivity contribution in [2.75, 3.05) is 32.1 Å². The van der Waals surface area contributed by atoms with Gasteiger partial charge < -0.3 is 10.6 Å². The molecule has 3 nitrogen and oxygen atoms in total. The minimum atomic E-state index is 0.185. The molecule has 0 aliphatic rings. The summed E-state index contributed by atoms with van der Waals surface area (Å²) >= 11 is 1.69. The van der Waals surface area contributed by atoms with Crippen LogP contribution < -0.4 is 5.73 Å². The van der Waals surface area contributed by atoms with Gasteiger partial charge in [0, 0.05) is 32.3 Å². The smallest absolute Gasteiger partial charge is 0.223 e. The number of rotatable bonds is 5. The third-order valence-corrected chi connectivity index (χ3v) is 2.02. The van der Waals surface area contributed by atoms with Gasteiger partial charge in [-0.1, -0.05) is 0 Å². The van der Waals surface area contributed by atoms with Crippen molar-refractivity contribution in [2.45, 2.75) is 6.42 Å². The predicted molar refractivity (Wildman–Crippen MR) is 49.7 cm³/mol. The highest BCUT2D eigenvalue weighted by Gasteiger charge is 2.05. The quantitative estimate of drug-likeness (QED) is 0.649. The zero-order valence-corrected chi connectivity index (χ0v) is 7.99. The van der Waals surface area contributed by atoms with Crippen molar-refractivity contribution in [1.82, 2.24) is 4.90 Å². The summed E-state index contributed by atoms with van der Waals surface area (Å²) < 4.78 is 0. The molecule has 0 aliphatic heterocycles. The van der Waals surface area contributed by atoms with Crippen LogP contribution >= 0.6 is 11.8 Å². The van der Waals surface area contributed by atoms with E-state index in [0.717, 1.165) is 5.75 Å². The molecule has 0 spiro atoms. The molecule has 0 fully saturated rings. The van der Waals surface area contributed by atoms with Crippen LogP contribution in [0.2, 0.25) is 0 Å². The first-order chi connectivity index (χ1) is 5.22. The zero-order chi connectivity index (χ0) is 8.69. The fourth-order valence-electron chi connectivity index (χ4n) is 0.699.